The first-order chi connectivity index (χ1) is 10.2. The Hall–Kier alpha value is -2.18. The lowest BCUT2D eigenvalue weighted by Crippen LogP contribution is -2.11. The van der Waals surface area contributed by atoms with Gasteiger partial charge in [-0.15, -0.1) is 11.3 Å². The Labute approximate surface area is 127 Å². The number of rotatable bonds is 4. The van der Waals surface area contributed by atoms with Crippen LogP contribution in [0.4, 0.5) is 17.5 Å². The Balaban J connectivity index is 1.95. The predicted molar refractivity (Wildman–Crippen MR) is 89.0 cm³/mol. The smallest absolute Gasteiger partial charge is 0.240 e. The van der Waals surface area contributed by atoms with E-state index in [-0.39, 0.29) is 0 Å². The summed E-state index contributed by atoms with van der Waals surface area (Å²) in [4.78, 5) is 9.62. The number of nitrogens with one attached hydrogen (secondary N) is 2. The van der Waals surface area contributed by atoms with Crippen LogP contribution in [0.3, 0.4) is 0 Å². The Kier molecular flexibility index (Phi) is 3.72. The lowest BCUT2D eigenvalue weighted by molar-refractivity contribution is 0.867. The highest BCUT2D eigenvalue weighted by Crippen LogP contribution is 2.29. The minimum atomic E-state index is 0.409. The molecule has 0 aliphatic rings. The molecule has 0 spiro atoms. The van der Waals surface area contributed by atoms with Crippen molar-refractivity contribution in [2.75, 3.05) is 10.7 Å². The molecule has 0 amide bonds. The van der Waals surface area contributed by atoms with Crippen molar-refractivity contribution >= 4 is 39.0 Å². The first kappa shape index (κ1) is 13.8. The zero-order valence-corrected chi connectivity index (χ0v) is 12.7. The lowest BCUT2D eigenvalue weighted by Gasteiger charge is -2.10. The van der Waals surface area contributed by atoms with Gasteiger partial charge in [0.1, 0.15) is 10.6 Å². The molecule has 0 fully saturated rings. The summed E-state index contributed by atoms with van der Waals surface area (Å²) in [5.74, 6) is 7.11. The van der Waals surface area contributed by atoms with Crippen molar-refractivity contribution in [2.24, 2.45) is 5.84 Å². The van der Waals surface area contributed by atoms with Crippen LogP contribution in [0.5, 0.6) is 0 Å². The fourth-order valence-corrected chi connectivity index (χ4v) is 2.87. The van der Waals surface area contributed by atoms with Gasteiger partial charge < -0.3 is 5.32 Å². The topological polar surface area (TPSA) is 75.9 Å². The third kappa shape index (κ3) is 2.81. The summed E-state index contributed by atoms with van der Waals surface area (Å²) in [5, 5.41) is 6.32. The van der Waals surface area contributed by atoms with E-state index in [1.807, 2.05) is 11.4 Å². The summed E-state index contributed by atoms with van der Waals surface area (Å²) < 4.78 is 0. The molecule has 5 nitrogen and oxygen atoms in total. The average Bonchev–Trinajstić information content (AvgIpc) is 2.96. The summed E-state index contributed by atoms with van der Waals surface area (Å²) in [5.41, 5.74) is 4.81. The molecule has 3 aromatic rings. The molecular weight excluding hydrogens is 282 g/mol. The second-order valence-electron chi connectivity index (χ2n) is 5.08. The minimum Gasteiger partial charge on any atom is -0.340 e. The lowest BCUT2D eigenvalue weighted by atomic mass is 10.0. The number of hydrazine groups is 1. The first-order valence-electron chi connectivity index (χ1n) is 6.76. The summed E-state index contributed by atoms with van der Waals surface area (Å²) >= 11 is 1.56. The van der Waals surface area contributed by atoms with Crippen molar-refractivity contribution in [3.63, 3.8) is 0 Å². The minimum absolute atomic E-state index is 0.409. The fraction of sp³-hybridized carbons (Fsp3) is 0.200. The van der Waals surface area contributed by atoms with Gasteiger partial charge in [-0.2, -0.15) is 4.98 Å². The molecule has 0 saturated heterocycles. The monoisotopic (exact) mass is 299 g/mol. The first-order valence-corrected chi connectivity index (χ1v) is 7.64. The SMILES string of the molecule is CC(C)c1ccc(Nc2nc(NN)nc3sccc23)cc1. The highest BCUT2D eigenvalue weighted by atomic mass is 32.1. The largest absolute Gasteiger partial charge is 0.340 e. The highest BCUT2D eigenvalue weighted by molar-refractivity contribution is 7.16. The predicted octanol–water partition coefficient (Wildman–Crippen LogP) is 3.84. The van der Waals surface area contributed by atoms with Gasteiger partial charge in [-0.1, -0.05) is 26.0 Å². The summed E-state index contributed by atoms with van der Waals surface area (Å²) in [7, 11) is 0. The van der Waals surface area contributed by atoms with Crippen LogP contribution in [0, 0.1) is 0 Å². The molecule has 0 aliphatic carbocycles. The average molecular weight is 299 g/mol. The molecule has 6 heteroatoms. The fourth-order valence-electron chi connectivity index (χ4n) is 2.10. The molecule has 4 N–H and O–H groups in total. The van der Waals surface area contributed by atoms with Crippen molar-refractivity contribution in [3.05, 3.63) is 41.3 Å². The zero-order chi connectivity index (χ0) is 14.8. The van der Waals surface area contributed by atoms with Crippen molar-refractivity contribution in [3.8, 4) is 0 Å². The standard InChI is InChI=1S/C15H17N5S/c1-9(2)10-3-5-11(6-4-10)17-13-12-7-8-21-14(12)19-15(18-13)20-16/h3-9H,16H2,1-2H3,(H2,17,18,19,20). The molecule has 2 aromatic heterocycles. The Morgan fingerprint density at radius 1 is 1.10 bits per heavy atom. The molecule has 3 rings (SSSR count). The van der Waals surface area contributed by atoms with E-state index in [1.165, 1.54) is 5.56 Å². The Bertz CT molecular complexity index is 748. The van der Waals surface area contributed by atoms with E-state index in [4.69, 9.17) is 5.84 Å². The number of hydrogen-bond acceptors (Lipinski definition) is 6. The van der Waals surface area contributed by atoms with E-state index in [2.05, 4.69) is 58.8 Å². The summed E-state index contributed by atoms with van der Waals surface area (Å²) in [6.45, 7) is 4.36. The Morgan fingerprint density at radius 3 is 2.52 bits per heavy atom. The number of benzene rings is 1. The summed E-state index contributed by atoms with van der Waals surface area (Å²) in [6, 6.07) is 10.4. The van der Waals surface area contributed by atoms with Crippen molar-refractivity contribution < 1.29 is 0 Å². The number of thiophene rings is 1. The maximum absolute atomic E-state index is 5.43. The molecule has 0 radical (unpaired) electrons. The van der Waals surface area contributed by atoms with Crippen molar-refractivity contribution in [2.45, 2.75) is 19.8 Å². The van der Waals surface area contributed by atoms with Gasteiger partial charge in [0, 0.05) is 5.69 Å². The zero-order valence-electron chi connectivity index (χ0n) is 11.9. The van der Waals surface area contributed by atoms with Crippen LogP contribution >= 0.6 is 11.3 Å². The molecule has 1 aromatic carbocycles. The molecule has 0 bridgehead atoms. The third-order valence-electron chi connectivity index (χ3n) is 3.29. The molecule has 0 unspecified atom stereocenters. The molecule has 108 valence electrons. The molecule has 2 heterocycles. The Morgan fingerprint density at radius 2 is 1.86 bits per heavy atom. The van der Waals surface area contributed by atoms with E-state index in [0.29, 0.717) is 11.9 Å². The number of hydrogen-bond donors (Lipinski definition) is 3. The molecule has 0 aliphatic heterocycles. The summed E-state index contributed by atoms with van der Waals surface area (Å²) in [6.07, 6.45) is 0. The van der Waals surface area contributed by atoms with Gasteiger partial charge in [-0.25, -0.2) is 10.8 Å². The normalized spacial score (nSPS) is 11.0. The van der Waals surface area contributed by atoms with Crippen LogP contribution in [0.1, 0.15) is 25.3 Å². The highest BCUT2D eigenvalue weighted by Gasteiger charge is 2.09. The van der Waals surface area contributed by atoms with Gasteiger partial charge in [0.05, 0.1) is 5.39 Å². The van der Waals surface area contributed by atoms with Gasteiger partial charge in [-0.3, -0.25) is 5.43 Å². The van der Waals surface area contributed by atoms with Crippen LogP contribution in [0.15, 0.2) is 35.7 Å². The number of anilines is 3. The van der Waals surface area contributed by atoms with Crippen molar-refractivity contribution in [1.29, 1.82) is 0 Å². The van der Waals surface area contributed by atoms with Crippen LogP contribution in [-0.2, 0) is 0 Å². The molecule has 0 atom stereocenters. The maximum Gasteiger partial charge on any atom is 0.240 e. The number of nitrogens with two attached hydrogens (primary N) is 1. The number of fused-ring (bicyclic) bond motifs is 1. The number of nitrogens with zero attached hydrogens (tertiary/aromatic N) is 2. The van der Waals surface area contributed by atoms with Gasteiger partial charge >= 0.3 is 0 Å². The van der Waals surface area contributed by atoms with Crippen LogP contribution in [-0.4, -0.2) is 9.97 Å². The number of nitrogen functional groups attached to an aromatic ring is 1. The maximum atomic E-state index is 5.43. The number of aromatic nitrogens is 2. The van der Waals surface area contributed by atoms with Crippen LogP contribution in [0.2, 0.25) is 0 Å². The van der Waals surface area contributed by atoms with Gasteiger partial charge in [-0.05, 0) is 35.1 Å². The van der Waals surface area contributed by atoms with E-state index >= 15 is 0 Å². The van der Waals surface area contributed by atoms with E-state index < -0.39 is 0 Å². The quantitative estimate of drug-likeness (QED) is 0.504. The second kappa shape index (κ2) is 5.67. The molecule has 0 saturated carbocycles. The van der Waals surface area contributed by atoms with Gasteiger partial charge in [0.2, 0.25) is 5.95 Å². The van der Waals surface area contributed by atoms with Gasteiger partial charge in [0.15, 0.2) is 0 Å². The van der Waals surface area contributed by atoms with E-state index in [0.717, 1.165) is 21.7 Å². The molecule has 21 heavy (non-hydrogen) atoms. The van der Waals surface area contributed by atoms with E-state index in [1.54, 1.807) is 11.3 Å². The van der Waals surface area contributed by atoms with Crippen LogP contribution < -0.4 is 16.6 Å². The van der Waals surface area contributed by atoms with Crippen molar-refractivity contribution in [1.82, 2.24) is 9.97 Å². The van der Waals surface area contributed by atoms with E-state index in [9.17, 15) is 0 Å². The van der Waals surface area contributed by atoms with Crippen LogP contribution in [0.25, 0.3) is 10.2 Å². The molecular formula is C15H17N5S. The third-order valence-corrected chi connectivity index (χ3v) is 4.10. The van der Waals surface area contributed by atoms with Gasteiger partial charge in [0.25, 0.3) is 0 Å². The second-order valence-corrected chi connectivity index (χ2v) is 5.98.